The number of carbonyl (C=O) groups excluding carboxylic acids is 1. The van der Waals surface area contributed by atoms with Gasteiger partial charge in [0.1, 0.15) is 11.6 Å². The molecule has 10 heteroatoms. The van der Waals surface area contributed by atoms with Gasteiger partial charge in [0.2, 0.25) is 5.95 Å². The van der Waals surface area contributed by atoms with Crippen LogP contribution in [0.4, 0.5) is 11.8 Å². The van der Waals surface area contributed by atoms with Gasteiger partial charge < -0.3 is 20.0 Å². The van der Waals surface area contributed by atoms with Gasteiger partial charge in [0.15, 0.2) is 5.69 Å². The molecule has 0 bridgehead atoms. The normalized spacial score (nSPS) is 13.1. The van der Waals surface area contributed by atoms with Gasteiger partial charge in [-0.3, -0.25) is 4.79 Å². The van der Waals surface area contributed by atoms with E-state index in [2.05, 4.69) is 31.2 Å². The quantitative estimate of drug-likeness (QED) is 0.498. The molecular weight excluding hydrogens is 420 g/mol. The van der Waals surface area contributed by atoms with Crippen LogP contribution in [-0.2, 0) is 19.5 Å². The smallest absolute Gasteiger partial charge is 0.276 e. The third-order valence-electron chi connectivity index (χ3n) is 5.83. The molecule has 0 aliphatic carbocycles. The Morgan fingerprint density at radius 1 is 1.24 bits per heavy atom. The molecule has 0 radical (unpaired) electrons. The van der Waals surface area contributed by atoms with Crippen LogP contribution in [0.1, 0.15) is 33.1 Å². The van der Waals surface area contributed by atoms with Crippen LogP contribution in [0.25, 0.3) is 5.69 Å². The molecule has 1 amide bonds. The number of anilines is 2. The molecule has 4 heterocycles. The lowest BCUT2D eigenvalue weighted by Crippen LogP contribution is -2.32. The summed E-state index contributed by atoms with van der Waals surface area (Å²) in [6, 6.07) is 11.4. The first-order chi connectivity index (χ1) is 16.0. The highest BCUT2D eigenvalue weighted by molar-refractivity contribution is 5.93. The number of furan rings is 1. The van der Waals surface area contributed by atoms with E-state index >= 15 is 0 Å². The van der Waals surface area contributed by atoms with Gasteiger partial charge in [-0.05, 0) is 48.7 Å². The highest BCUT2D eigenvalue weighted by Crippen LogP contribution is 2.28. The van der Waals surface area contributed by atoms with Gasteiger partial charge in [0.05, 0.1) is 24.2 Å². The number of carbonyl (C=O) groups is 1. The Morgan fingerprint density at radius 3 is 2.91 bits per heavy atom. The van der Waals surface area contributed by atoms with Gasteiger partial charge in [-0.2, -0.15) is 4.98 Å². The molecule has 0 fully saturated rings. The van der Waals surface area contributed by atoms with Gasteiger partial charge in [0.25, 0.3) is 5.91 Å². The summed E-state index contributed by atoms with van der Waals surface area (Å²) >= 11 is 0. The number of nitrogens with two attached hydrogens (primary N) is 1. The molecule has 0 spiro atoms. The fraction of sp³-hybridized carbons (Fsp3) is 0.261. The number of amides is 1. The lowest BCUT2D eigenvalue weighted by Gasteiger charge is -2.30. The van der Waals surface area contributed by atoms with E-state index in [1.165, 1.54) is 5.56 Å². The molecule has 0 saturated heterocycles. The monoisotopic (exact) mass is 444 g/mol. The van der Waals surface area contributed by atoms with Crippen LogP contribution in [0.15, 0.2) is 53.3 Å². The van der Waals surface area contributed by atoms with Crippen molar-refractivity contribution in [1.82, 2.24) is 29.9 Å². The molecular formula is C23H24N8O2. The Labute approximate surface area is 190 Å². The minimum atomic E-state index is -0.204. The molecule has 0 atom stereocenters. The molecule has 3 aromatic heterocycles. The number of fused-ring (bicyclic) bond motifs is 1. The molecule has 4 aromatic rings. The standard InChI is InChI=1S/C23H24N8O2/c1-15-21(22(32)29(2)14-17-6-4-12-33-17)27-28-31(15)19-7-3-5-16-13-30(11-9-18(16)19)23-25-10-8-20(24)26-23/h3-8,10,12H,9,11,13-14H2,1-2H3,(H2,24,25,26). The zero-order chi connectivity index (χ0) is 22.9. The summed E-state index contributed by atoms with van der Waals surface area (Å²) in [5.74, 6) is 1.58. The maximum Gasteiger partial charge on any atom is 0.276 e. The van der Waals surface area contributed by atoms with E-state index in [0.29, 0.717) is 42.0 Å². The second-order valence-corrected chi connectivity index (χ2v) is 8.04. The third kappa shape index (κ3) is 3.91. The Balaban J connectivity index is 1.41. The lowest BCUT2D eigenvalue weighted by atomic mass is 9.98. The van der Waals surface area contributed by atoms with Crippen LogP contribution in [0.2, 0.25) is 0 Å². The first kappa shape index (κ1) is 20.7. The predicted molar refractivity (Wildman–Crippen MR) is 122 cm³/mol. The van der Waals surface area contributed by atoms with Crippen molar-refractivity contribution >= 4 is 17.7 Å². The van der Waals surface area contributed by atoms with Crippen molar-refractivity contribution < 1.29 is 9.21 Å². The first-order valence-electron chi connectivity index (χ1n) is 10.7. The van der Waals surface area contributed by atoms with Crippen LogP contribution in [0, 0.1) is 6.92 Å². The molecule has 168 valence electrons. The van der Waals surface area contributed by atoms with Gasteiger partial charge >= 0.3 is 0 Å². The molecule has 0 saturated carbocycles. The third-order valence-corrected chi connectivity index (χ3v) is 5.83. The van der Waals surface area contributed by atoms with E-state index in [0.717, 1.165) is 24.2 Å². The molecule has 2 N–H and O–H groups in total. The van der Waals surface area contributed by atoms with Crippen molar-refractivity contribution in [3.05, 3.63) is 77.1 Å². The maximum absolute atomic E-state index is 13.0. The van der Waals surface area contributed by atoms with E-state index in [4.69, 9.17) is 10.2 Å². The van der Waals surface area contributed by atoms with Crippen molar-refractivity contribution in [1.29, 1.82) is 0 Å². The van der Waals surface area contributed by atoms with E-state index < -0.39 is 0 Å². The first-order valence-corrected chi connectivity index (χ1v) is 10.7. The second-order valence-electron chi connectivity index (χ2n) is 8.04. The highest BCUT2D eigenvalue weighted by Gasteiger charge is 2.25. The van der Waals surface area contributed by atoms with E-state index in [1.807, 2.05) is 25.1 Å². The summed E-state index contributed by atoms with van der Waals surface area (Å²) in [7, 11) is 1.72. The fourth-order valence-corrected chi connectivity index (χ4v) is 4.12. The second kappa shape index (κ2) is 8.38. The number of nitrogen functional groups attached to an aromatic ring is 1. The van der Waals surface area contributed by atoms with Gasteiger partial charge in [-0.25, -0.2) is 9.67 Å². The summed E-state index contributed by atoms with van der Waals surface area (Å²) in [6.07, 6.45) is 4.04. The number of hydrogen-bond acceptors (Lipinski definition) is 8. The SMILES string of the molecule is Cc1c(C(=O)N(C)Cc2ccco2)nnn1-c1cccc2c1CCN(c1nccc(N)n1)C2. The average molecular weight is 444 g/mol. The van der Waals surface area contributed by atoms with Crippen LogP contribution in [0.3, 0.4) is 0 Å². The van der Waals surface area contributed by atoms with Crippen molar-refractivity contribution in [2.75, 3.05) is 24.2 Å². The Bertz CT molecular complexity index is 1300. The minimum Gasteiger partial charge on any atom is -0.467 e. The van der Waals surface area contributed by atoms with E-state index in [9.17, 15) is 4.79 Å². The summed E-state index contributed by atoms with van der Waals surface area (Å²) in [5, 5.41) is 8.53. The number of hydrogen-bond donors (Lipinski definition) is 1. The van der Waals surface area contributed by atoms with Crippen molar-refractivity contribution in [2.24, 2.45) is 0 Å². The Kier molecular flexibility index (Phi) is 5.25. The minimum absolute atomic E-state index is 0.204. The van der Waals surface area contributed by atoms with Crippen LogP contribution >= 0.6 is 0 Å². The largest absolute Gasteiger partial charge is 0.467 e. The number of benzene rings is 1. The van der Waals surface area contributed by atoms with Gasteiger partial charge in [-0.1, -0.05) is 17.3 Å². The number of aromatic nitrogens is 5. The van der Waals surface area contributed by atoms with E-state index in [-0.39, 0.29) is 5.91 Å². The summed E-state index contributed by atoms with van der Waals surface area (Å²) in [4.78, 5) is 25.4. The van der Waals surface area contributed by atoms with Crippen LogP contribution in [0.5, 0.6) is 0 Å². The molecule has 1 aliphatic rings. The molecule has 1 aromatic carbocycles. The number of rotatable bonds is 5. The van der Waals surface area contributed by atoms with Crippen molar-refractivity contribution in [3.8, 4) is 5.69 Å². The van der Waals surface area contributed by atoms with Crippen LogP contribution < -0.4 is 10.6 Å². The highest BCUT2D eigenvalue weighted by atomic mass is 16.3. The predicted octanol–water partition coefficient (Wildman–Crippen LogP) is 2.38. The summed E-state index contributed by atoms with van der Waals surface area (Å²) in [6.45, 7) is 3.64. The molecule has 1 aliphatic heterocycles. The molecule has 10 nitrogen and oxygen atoms in total. The van der Waals surface area contributed by atoms with Gasteiger partial charge in [-0.15, -0.1) is 5.10 Å². The lowest BCUT2D eigenvalue weighted by molar-refractivity contribution is 0.0768. The van der Waals surface area contributed by atoms with Crippen LogP contribution in [-0.4, -0.2) is 49.4 Å². The average Bonchev–Trinajstić information content (AvgIpc) is 3.47. The maximum atomic E-state index is 13.0. The Hall–Kier alpha value is -4.21. The van der Waals surface area contributed by atoms with E-state index in [1.54, 1.807) is 41.2 Å². The summed E-state index contributed by atoms with van der Waals surface area (Å²) < 4.78 is 7.10. The van der Waals surface area contributed by atoms with Crippen molar-refractivity contribution in [3.63, 3.8) is 0 Å². The zero-order valence-electron chi connectivity index (χ0n) is 18.5. The molecule has 0 unspecified atom stereocenters. The fourth-order valence-electron chi connectivity index (χ4n) is 4.12. The van der Waals surface area contributed by atoms with Crippen molar-refractivity contribution in [2.45, 2.75) is 26.4 Å². The zero-order valence-corrected chi connectivity index (χ0v) is 18.5. The number of nitrogens with zero attached hydrogens (tertiary/aromatic N) is 7. The Morgan fingerprint density at radius 2 is 2.12 bits per heavy atom. The van der Waals surface area contributed by atoms with Gasteiger partial charge in [0, 0.05) is 26.3 Å². The molecule has 33 heavy (non-hydrogen) atoms. The molecule has 5 rings (SSSR count). The topological polar surface area (TPSA) is 119 Å². The summed E-state index contributed by atoms with van der Waals surface area (Å²) in [5.41, 5.74) is 10.1.